The topological polar surface area (TPSA) is 78.4 Å². The highest BCUT2D eigenvalue weighted by Gasteiger charge is 2.27. The predicted octanol–water partition coefficient (Wildman–Crippen LogP) is 2.03. The van der Waals surface area contributed by atoms with E-state index in [1.54, 1.807) is 13.8 Å². The first kappa shape index (κ1) is 16.0. The number of hydrogen-bond acceptors (Lipinski definition) is 2. The smallest absolute Gasteiger partial charge is 0.315 e. The largest absolute Gasteiger partial charge is 0.481 e. The molecule has 0 fully saturated rings. The number of urea groups is 1. The summed E-state index contributed by atoms with van der Waals surface area (Å²) in [5.41, 5.74) is 0.172. The van der Waals surface area contributed by atoms with Crippen molar-refractivity contribution in [3.8, 4) is 0 Å². The zero-order valence-electron chi connectivity index (χ0n) is 12.1. The van der Waals surface area contributed by atoms with Gasteiger partial charge in [-0.1, -0.05) is 30.3 Å². The van der Waals surface area contributed by atoms with Crippen LogP contribution in [-0.2, 0) is 11.2 Å². The molecule has 0 spiro atoms. The number of hydrogen-bond donors (Lipinski definition) is 3. The van der Waals surface area contributed by atoms with Crippen LogP contribution in [0, 0.1) is 5.41 Å². The third kappa shape index (κ3) is 5.30. The van der Waals surface area contributed by atoms with Crippen molar-refractivity contribution in [1.29, 1.82) is 0 Å². The first-order valence-corrected chi connectivity index (χ1v) is 6.63. The zero-order valence-corrected chi connectivity index (χ0v) is 12.1. The summed E-state index contributed by atoms with van der Waals surface area (Å²) in [5.74, 6) is -0.935. The van der Waals surface area contributed by atoms with Gasteiger partial charge in [0.25, 0.3) is 0 Å². The maximum Gasteiger partial charge on any atom is 0.315 e. The van der Waals surface area contributed by atoms with Gasteiger partial charge in [0, 0.05) is 12.6 Å². The predicted molar refractivity (Wildman–Crippen MR) is 77.6 cm³/mol. The van der Waals surface area contributed by atoms with Crippen molar-refractivity contribution in [2.45, 2.75) is 33.2 Å². The molecule has 20 heavy (non-hydrogen) atoms. The summed E-state index contributed by atoms with van der Waals surface area (Å²) >= 11 is 0. The SMILES string of the molecule is CC(Cc1ccccc1)NC(=O)NCC(C)(C)C(=O)O. The molecule has 0 saturated carbocycles. The molecule has 1 unspecified atom stereocenters. The Hall–Kier alpha value is -2.04. The second kappa shape index (κ2) is 6.93. The van der Waals surface area contributed by atoms with Crippen molar-refractivity contribution >= 4 is 12.0 Å². The molecule has 0 aliphatic carbocycles. The molecule has 1 aromatic carbocycles. The number of carbonyl (C=O) groups is 2. The van der Waals surface area contributed by atoms with Crippen LogP contribution in [0.2, 0.25) is 0 Å². The lowest BCUT2D eigenvalue weighted by atomic mass is 9.94. The number of carboxylic acids is 1. The number of aliphatic carboxylic acids is 1. The zero-order chi connectivity index (χ0) is 15.2. The summed E-state index contributed by atoms with van der Waals surface area (Å²) in [6.07, 6.45) is 0.733. The Balaban J connectivity index is 2.37. The summed E-state index contributed by atoms with van der Waals surface area (Å²) in [4.78, 5) is 22.6. The molecule has 0 saturated heterocycles. The van der Waals surface area contributed by atoms with Gasteiger partial charge in [-0.05, 0) is 32.8 Å². The van der Waals surface area contributed by atoms with E-state index in [0.29, 0.717) is 0 Å². The van der Waals surface area contributed by atoms with Crippen LogP contribution in [0.25, 0.3) is 0 Å². The van der Waals surface area contributed by atoms with Crippen LogP contribution in [0.5, 0.6) is 0 Å². The fourth-order valence-corrected chi connectivity index (χ4v) is 1.67. The van der Waals surface area contributed by atoms with Crippen LogP contribution < -0.4 is 10.6 Å². The lowest BCUT2D eigenvalue weighted by Crippen LogP contribution is -2.46. The normalized spacial score (nSPS) is 12.6. The Bertz CT molecular complexity index is 457. The molecule has 3 N–H and O–H groups in total. The number of carboxylic acid groups (broad SMARTS) is 1. The van der Waals surface area contributed by atoms with Gasteiger partial charge >= 0.3 is 12.0 Å². The van der Waals surface area contributed by atoms with Crippen molar-refractivity contribution in [2.75, 3.05) is 6.54 Å². The molecule has 2 amide bonds. The molecule has 5 nitrogen and oxygen atoms in total. The van der Waals surface area contributed by atoms with E-state index in [1.807, 2.05) is 37.3 Å². The van der Waals surface area contributed by atoms with Gasteiger partial charge in [0.1, 0.15) is 0 Å². The van der Waals surface area contributed by atoms with E-state index < -0.39 is 11.4 Å². The van der Waals surface area contributed by atoms with E-state index in [-0.39, 0.29) is 18.6 Å². The first-order chi connectivity index (χ1) is 9.31. The Labute approximate surface area is 119 Å². The Morgan fingerprint density at radius 2 is 1.85 bits per heavy atom. The summed E-state index contributed by atoms with van der Waals surface area (Å²) in [7, 11) is 0. The van der Waals surface area contributed by atoms with Crippen LogP contribution in [0.3, 0.4) is 0 Å². The maximum atomic E-state index is 11.7. The molecule has 0 radical (unpaired) electrons. The lowest BCUT2D eigenvalue weighted by Gasteiger charge is -2.21. The summed E-state index contributed by atoms with van der Waals surface area (Å²) < 4.78 is 0. The molecule has 5 heteroatoms. The number of amides is 2. The molecular weight excluding hydrogens is 256 g/mol. The van der Waals surface area contributed by atoms with Crippen molar-refractivity contribution < 1.29 is 14.7 Å². The molecule has 1 atom stereocenters. The molecule has 0 aliphatic heterocycles. The third-order valence-electron chi connectivity index (χ3n) is 3.03. The highest BCUT2D eigenvalue weighted by molar-refractivity contribution is 5.77. The van der Waals surface area contributed by atoms with E-state index in [9.17, 15) is 9.59 Å². The van der Waals surface area contributed by atoms with Crippen LogP contribution >= 0.6 is 0 Å². The van der Waals surface area contributed by atoms with Gasteiger partial charge < -0.3 is 15.7 Å². The molecular formula is C15H22N2O3. The molecule has 1 rings (SSSR count). The minimum absolute atomic E-state index is 0.0228. The van der Waals surface area contributed by atoms with Crippen LogP contribution in [0.4, 0.5) is 4.79 Å². The minimum Gasteiger partial charge on any atom is -0.481 e. The van der Waals surface area contributed by atoms with E-state index in [2.05, 4.69) is 10.6 Å². The average molecular weight is 278 g/mol. The summed E-state index contributed by atoms with van der Waals surface area (Å²) in [6, 6.07) is 9.50. The second-order valence-corrected chi connectivity index (χ2v) is 5.61. The maximum absolute atomic E-state index is 11.7. The number of carbonyl (C=O) groups excluding carboxylic acids is 1. The van der Waals surface area contributed by atoms with Gasteiger partial charge in [0.15, 0.2) is 0 Å². The highest BCUT2D eigenvalue weighted by atomic mass is 16.4. The first-order valence-electron chi connectivity index (χ1n) is 6.63. The lowest BCUT2D eigenvalue weighted by molar-refractivity contribution is -0.146. The Morgan fingerprint density at radius 1 is 1.25 bits per heavy atom. The third-order valence-corrected chi connectivity index (χ3v) is 3.03. The van der Waals surface area contributed by atoms with E-state index in [1.165, 1.54) is 0 Å². The fourth-order valence-electron chi connectivity index (χ4n) is 1.67. The molecule has 0 aliphatic rings. The van der Waals surface area contributed by atoms with E-state index >= 15 is 0 Å². The van der Waals surface area contributed by atoms with Crippen molar-refractivity contribution in [1.82, 2.24) is 10.6 Å². The van der Waals surface area contributed by atoms with Gasteiger partial charge in [-0.2, -0.15) is 0 Å². The number of nitrogens with one attached hydrogen (secondary N) is 2. The summed E-state index contributed by atoms with van der Waals surface area (Å²) in [5, 5.41) is 14.3. The average Bonchev–Trinajstić information content (AvgIpc) is 2.37. The van der Waals surface area contributed by atoms with Crippen molar-refractivity contribution in [3.05, 3.63) is 35.9 Å². The van der Waals surface area contributed by atoms with Crippen LogP contribution in [0.15, 0.2) is 30.3 Å². The second-order valence-electron chi connectivity index (χ2n) is 5.61. The molecule has 0 bridgehead atoms. The van der Waals surface area contributed by atoms with Gasteiger partial charge in [0.05, 0.1) is 5.41 Å². The minimum atomic E-state index is -0.972. The molecule has 0 aromatic heterocycles. The molecule has 110 valence electrons. The highest BCUT2D eigenvalue weighted by Crippen LogP contribution is 2.12. The van der Waals surface area contributed by atoms with Gasteiger partial charge in [-0.3, -0.25) is 4.79 Å². The van der Waals surface area contributed by atoms with Crippen LogP contribution in [-0.4, -0.2) is 29.7 Å². The molecule has 1 aromatic rings. The monoisotopic (exact) mass is 278 g/mol. The fraction of sp³-hybridized carbons (Fsp3) is 0.467. The van der Waals surface area contributed by atoms with E-state index in [4.69, 9.17) is 5.11 Å². The van der Waals surface area contributed by atoms with Gasteiger partial charge in [-0.25, -0.2) is 4.79 Å². The van der Waals surface area contributed by atoms with Crippen molar-refractivity contribution in [2.24, 2.45) is 5.41 Å². The van der Waals surface area contributed by atoms with Gasteiger partial charge in [-0.15, -0.1) is 0 Å². The van der Waals surface area contributed by atoms with Crippen LogP contribution in [0.1, 0.15) is 26.3 Å². The standard InChI is InChI=1S/C15H22N2O3/c1-11(9-12-7-5-4-6-8-12)17-14(20)16-10-15(2,3)13(18)19/h4-8,11H,9-10H2,1-3H3,(H,18,19)(H2,16,17,20). The number of rotatable bonds is 6. The van der Waals surface area contributed by atoms with Crippen molar-refractivity contribution in [3.63, 3.8) is 0 Å². The quantitative estimate of drug-likeness (QED) is 0.745. The van der Waals surface area contributed by atoms with Gasteiger partial charge in [0.2, 0.25) is 0 Å². The Kier molecular flexibility index (Phi) is 5.55. The summed E-state index contributed by atoms with van der Waals surface area (Å²) in [6.45, 7) is 5.15. The van der Waals surface area contributed by atoms with E-state index in [0.717, 1.165) is 12.0 Å². The molecule has 0 heterocycles. The number of benzene rings is 1. The Morgan fingerprint density at radius 3 is 2.40 bits per heavy atom.